The molecule has 0 heterocycles. The molecule has 3 heteroatoms. The van der Waals surface area contributed by atoms with Crippen molar-refractivity contribution < 1.29 is 4.92 Å². The van der Waals surface area contributed by atoms with Gasteiger partial charge in [0.2, 0.25) is 0 Å². The summed E-state index contributed by atoms with van der Waals surface area (Å²) >= 11 is 0. The minimum Gasteiger partial charge on any atom is -0.258 e. The Kier molecular flexibility index (Phi) is 4.45. The Morgan fingerprint density at radius 1 is 1.00 bits per heavy atom. The Labute approximate surface area is 118 Å². The van der Waals surface area contributed by atoms with Crippen LogP contribution < -0.4 is 0 Å². The van der Waals surface area contributed by atoms with E-state index in [2.05, 4.69) is 6.08 Å². The maximum Gasteiger partial charge on any atom is 0.269 e. The van der Waals surface area contributed by atoms with E-state index in [-0.39, 0.29) is 5.69 Å². The first-order valence-corrected chi connectivity index (χ1v) is 6.31. The van der Waals surface area contributed by atoms with Crippen LogP contribution in [0, 0.1) is 10.1 Å². The van der Waals surface area contributed by atoms with Gasteiger partial charge in [-0.15, -0.1) is 0 Å². The lowest BCUT2D eigenvalue weighted by Gasteiger charge is -1.96. The molecule has 0 amide bonds. The van der Waals surface area contributed by atoms with Crippen LogP contribution >= 0.6 is 0 Å². The van der Waals surface area contributed by atoms with Crippen LogP contribution in [0.3, 0.4) is 0 Å². The summed E-state index contributed by atoms with van der Waals surface area (Å²) < 4.78 is 0. The quantitative estimate of drug-likeness (QED) is 0.456. The molecule has 0 saturated heterocycles. The number of non-ortho nitro benzene ring substituents is 1. The van der Waals surface area contributed by atoms with E-state index in [0.29, 0.717) is 0 Å². The highest BCUT2D eigenvalue weighted by Gasteiger charge is 2.01. The standard InChI is InChI=1S/C17H15NO2/c1-14(13-16-5-3-2-4-6-16)7-8-15-9-11-17(12-10-15)18(19)20/h2-13H,1H3/b8-7+,14-13+. The first kappa shape index (κ1) is 13.7. The first-order valence-electron chi connectivity index (χ1n) is 6.31. The van der Waals surface area contributed by atoms with Crippen molar-refractivity contribution in [2.75, 3.05) is 0 Å². The second-order valence-electron chi connectivity index (χ2n) is 4.48. The van der Waals surface area contributed by atoms with Crippen LogP contribution in [0.15, 0.2) is 66.2 Å². The van der Waals surface area contributed by atoms with E-state index in [1.807, 2.05) is 49.4 Å². The molecule has 0 aliphatic rings. The lowest BCUT2D eigenvalue weighted by atomic mass is 10.1. The zero-order valence-electron chi connectivity index (χ0n) is 11.2. The molecule has 0 fully saturated rings. The van der Waals surface area contributed by atoms with Gasteiger partial charge in [-0.2, -0.15) is 0 Å². The Bertz CT molecular complexity index is 640. The highest BCUT2D eigenvalue weighted by Crippen LogP contribution is 2.14. The lowest BCUT2D eigenvalue weighted by molar-refractivity contribution is -0.384. The zero-order chi connectivity index (χ0) is 14.4. The average molecular weight is 265 g/mol. The van der Waals surface area contributed by atoms with Gasteiger partial charge in [0, 0.05) is 12.1 Å². The molecule has 0 unspecified atom stereocenters. The largest absolute Gasteiger partial charge is 0.269 e. The number of hydrogen-bond donors (Lipinski definition) is 0. The van der Waals surface area contributed by atoms with Crippen molar-refractivity contribution in [3.63, 3.8) is 0 Å². The van der Waals surface area contributed by atoms with Crippen molar-refractivity contribution in [1.29, 1.82) is 0 Å². The fourth-order valence-electron chi connectivity index (χ4n) is 1.80. The molecule has 0 N–H and O–H groups in total. The molecule has 0 atom stereocenters. The maximum absolute atomic E-state index is 10.6. The van der Waals surface area contributed by atoms with Crippen molar-refractivity contribution in [2.45, 2.75) is 6.92 Å². The minimum absolute atomic E-state index is 0.110. The van der Waals surface area contributed by atoms with Crippen molar-refractivity contribution in [3.8, 4) is 0 Å². The average Bonchev–Trinajstić information content (AvgIpc) is 2.46. The molecular weight excluding hydrogens is 250 g/mol. The monoisotopic (exact) mass is 265 g/mol. The van der Waals surface area contributed by atoms with Crippen LogP contribution in [-0.4, -0.2) is 4.92 Å². The molecule has 0 aliphatic heterocycles. The number of nitro benzene ring substituents is 1. The Hall–Kier alpha value is -2.68. The summed E-state index contributed by atoms with van der Waals surface area (Å²) in [5.41, 5.74) is 3.32. The number of hydrogen-bond acceptors (Lipinski definition) is 2. The molecule has 2 aromatic carbocycles. The second kappa shape index (κ2) is 6.48. The smallest absolute Gasteiger partial charge is 0.258 e. The van der Waals surface area contributed by atoms with Gasteiger partial charge in [-0.1, -0.05) is 54.1 Å². The van der Waals surface area contributed by atoms with Gasteiger partial charge >= 0.3 is 0 Å². The summed E-state index contributed by atoms with van der Waals surface area (Å²) in [6, 6.07) is 16.6. The van der Waals surface area contributed by atoms with Crippen molar-refractivity contribution >= 4 is 17.8 Å². The minimum atomic E-state index is -0.395. The number of benzene rings is 2. The van der Waals surface area contributed by atoms with Gasteiger partial charge in [-0.05, 0) is 30.2 Å². The number of allylic oxidation sites excluding steroid dienone is 2. The molecular formula is C17H15NO2. The van der Waals surface area contributed by atoms with E-state index in [9.17, 15) is 10.1 Å². The number of nitro groups is 1. The normalized spacial score (nSPS) is 11.8. The summed E-state index contributed by atoms with van der Waals surface area (Å²) in [6.45, 7) is 2.02. The summed E-state index contributed by atoms with van der Waals surface area (Å²) in [7, 11) is 0. The van der Waals surface area contributed by atoms with Gasteiger partial charge in [0.15, 0.2) is 0 Å². The van der Waals surface area contributed by atoms with E-state index < -0.39 is 4.92 Å². The molecule has 100 valence electrons. The Balaban J connectivity index is 2.09. The summed E-state index contributed by atoms with van der Waals surface area (Å²) in [6.07, 6.45) is 6.02. The van der Waals surface area contributed by atoms with Gasteiger partial charge in [0.1, 0.15) is 0 Å². The predicted octanol–water partition coefficient (Wildman–Crippen LogP) is 4.71. The molecule has 0 spiro atoms. The van der Waals surface area contributed by atoms with Crippen LogP contribution in [-0.2, 0) is 0 Å². The Morgan fingerprint density at radius 3 is 2.25 bits per heavy atom. The molecule has 0 bridgehead atoms. The van der Waals surface area contributed by atoms with Crippen LogP contribution in [0.5, 0.6) is 0 Å². The third-order valence-electron chi connectivity index (χ3n) is 2.84. The maximum atomic E-state index is 10.6. The fraction of sp³-hybridized carbons (Fsp3) is 0.0588. The molecule has 2 aromatic rings. The molecule has 0 aliphatic carbocycles. The van der Waals surface area contributed by atoms with E-state index in [0.717, 1.165) is 16.7 Å². The molecule has 0 aromatic heterocycles. The van der Waals surface area contributed by atoms with Gasteiger partial charge in [0.25, 0.3) is 5.69 Å². The molecule has 3 nitrogen and oxygen atoms in total. The summed E-state index contributed by atoms with van der Waals surface area (Å²) in [4.78, 5) is 10.2. The third kappa shape index (κ3) is 3.92. The van der Waals surface area contributed by atoms with E-state index in [1.54, 1.807) is 12.1 Å². The highest BCUT2D eigenvalue weighted by molar-refractivity contribution is 5.61. The Morgan fingerprint density at radius 2 is 1.65 bits per heavy atom. The fourth-order valence-corrected chi connectivity index (χ4v) is 1.80. The van der Waals surface area contributed by atoms with Crippen LogP contribution in [0.4, 0.5) is 5.69 Å². The van der Waals surface area contributed by atoms with Crippen molar-refractivity contribution in [2.24, 2.45) is 0 Å². The highest BCUT2D eigenvalue weighted by atomic mass is 16.6. The van der Waals surface area contributed by atoms with Gasteiger partial charge in [-0.3, -0.25) is 10.1 Å². The van der Waals surface area contributed by atoms with Crippen LogP contribution in [0.2, 0.25) is 0 Å². The summed E-state index contributed by atoms with van der Waals surface area (Å²) in [5, 5.41) is 10.6. The predicted molar refractivity (Wildman–Crippen MR) is 82.2 cm³/mol. The van der Waals surface area contributed by atoms with Crippen molar-refractivity contribution in [1.82, 2.24) is 0 Å². The van der Waals surface area contributed by atoms with Gasteiger partial charge < -0.3 is 0 Å². The SMILES string of the molecule is CC(/C=C/c1ccc([N+](=O)[O-])cc1)=C\c1ccccc1. The van der Waals surface area contributed by atoms with Crippen LogP contribution in [0.25, 0.3) is 12.2 Å². The van der Waals surface area contributed by atoms with E-state index in [1.165, 1.54) is 12.1 Å². The second-order valence-corrected chi connectivity index (χ2v) is 4.48. The van der Waals surface area contributed by atoms with Crippen LogP contribution in [0.1, 0.15) is 18.1 Å². The van der Waals surface area contributed by atoms with Crippen molar-refractivity contribution in [3.05, 3.63) is 87.5 Å². The van der Waals surface area contributed by atoms with Gasteiger partial charge in [-0.25, -0.2) is 0 Å². The topological polar surface area (TPSA) is 43.1 Å². The molecule has 2 rings (SSSR count). The van der Waals surface area contributed by atoms with Gasteiger partial charge in [0.05, 0.1) is 4.92 Å². The summed E-state index contributed by atoms with van der Waals surface area (Å²) in [5.74, 6) is 0. The molecule has 20 heavy (non-hydrogen) atoms. The van der Waals surface area contributed by atoms with E-state index in [4.69, 9.17) is 0 Å². The lowest BCUT2D eigenvalue weighted by Crippen LogP contribution is -1.86. The van der Waals surface area contributed by atoms with E-state index >= 15 is 0 Å². The molecule has 0 radical (unpaired) electrons. The third-order valence-corrected chi connectivity index (χ3v) is 2.84. The number of nitrogens with zero attached hydrogens (tertiary/aromatic N) is 1. The first-order chi connectivity index (χ1) is 9.65. The molecule has 0 saturated carbocycles. The number of rotatable bonds is 4. The zero-order valence-corrected chi connectivity index (χ0v) is 11.2.